The van der Waals surface area contributed by atoms with Crippen molar-refractivity contribution in [3.63, 3.8) is 0 Å². The second-order valence-electron chi connectivity index (χ2n) is 6.92. The molecule has 0 saturated heterocycles. The van der Waals surface area contributed by atoms with Crippen LogP contribution in [-0.2, 0) is 0 Å². The van der Waals surface area contributed by atoms with E-state index in [9.17, 15) is 9.18 Å². The molecular weight excluding hydrogens is 415 g/mol. The third-order valence-electron chi connectivity index (χ3n) is 5.22. The van der Waals surface area contributed by atoms with E-state index >= 15 is 0 Å². The Labute approximate surface area is 183 Å². The van der Waals surface area contributed by atoms with Gasteiger partial charge in [0.2, 0.25) is 5.75 Å². The van der Waals surface area contributed by atoms with Gasteiger partial charge >= 0.3 is 5.63 Å². The fourth-order valence-electron chi connectivity index (χ4n) is 3.71. The average molecular weight is 436 g/mol. The van der Waals surface area contributed by atoms with Gasteiger partial charge in [-0.25, -0.2) is 9.18 Å². The molecule has 0 saturated carbocycles. The van der Waals surface area contributed by atoms with E-state index < -0.39 is 11.4 Å². The van der Waals surface area contributed by atoms with Crippen LogP contribution in [0.5, 0.6) is 23.0 Å². The summed E-state index contributed by atoms with van der Waals surface area (Å²) in [7, 11) is 5.93. The SMILES string of the molecule is COc1ccc(-c2ccc(-c3cc(=O)oc4cc(OC)c(OC)c(OC)c34)cc2)cc1F. The van der Waals surface area contributed by atoms with Crippen molar-refractivity contribution in [1.29, 1.82) is 0 Å². The van der Waals surface area contributed by atoms with Gasteiger partial charge < -0.3 is 23.4 Å². The Morgan fingerprint density at radius 1 is 0.688 bits per heavy atom. The van der Waals surface area contributed by atoms with Gasteiger partial charge in [-0.1, -0.05) is 30.3 Å². The lowest BCUT2D eigenvalue weighted by Crippen LogP contribution is -2.02. The molecule has 6 nitrogen and oxygen atoms in total. The number of fused-ring (bicyclic) bond motifs is 1. The Balaban J connectivity index is 1.88. The first-order valence-electron chi connectivity index (χ1n) is 9.71. The number of hydrogen-bond donors (Lipinski definition) is 0. The molecule has 0 unspecified atom stereocenters. The second kappa shape index (κ2) is 8.63. The van der Waals surface area contributed by atoms with Crippen molar-refractivity contribution in [1.82, 2.24) is 0 Å². The van der Waals surface area contributed by atoms with E-state index in [0.29, 0.717) is 39.3 Å². The van der Waals surface area contributed by atoms with Crippen LogP contribution in [0, 0.1) is 5.82 Å². The number of ether oxygens (including phenoxy) is 4. The van der Waals surface area contributed by atoms with Crippen molar-refractivity contribution in [2.45, 2.75) is 0 Å². The highest BCUT2D eigenvalue weighted by atomic mass is 19.1. The quantitative estimate of drug-likeness (QED) is 0.382. The van der Waals surface area contributed by atoms with E-state index in [2.05, 4.69) is 0 Å². The lowest BCUT2D eigenvalue weighted by Gasteiger charge is -2.16. The summed E-state index contributed by atoms with van der Waals surface area (Å²) in [6.45, 7) is 0. The largest absolute Gasteiger partial charge is 0.494 e. The molecule has 4 rings (SSSR count). The van der Waals surface area contributed by atoms with Crippen molar-refractivity contribution in [2.75, 3.05) is 28.4 Å². The predicted octanol–water partition coefficient (Wildman–Crippen LogP) is 5.30. The van der Waals surface area contributed by atoms with Gasteiger partial charge in [-0.3, -0.25) is 0 Å². The maximum atomic E-state index is 14.1. The fourth-order valence-corrected chi connectivity index (χ4v) is 3.71. The molecule has 4 aromatic rings. The maximum absolute atomic E-state index is 14.1. The molecule has 0 bridgehead atoms. The molecule has 0 amide bonds. The summed E-state index contributed by atoms with van der Waals surface area (Å²) in [5, 5.41) is 0.577. The number of methoxy groups -OCH3 is 4. The first kappa shape index (κ1) is 21.2. The van der Waals surface area contributed by atoms with E-state index in [1.807, 2.05) is 24.3 Å². The molecule has 0 fully saturated rings. The molecule has 0 radical (unpaired) electrons. The standard InChI is InChI=1S/C25H21FO6/c1-28-19-10-9-16(11-18(19)26)14-5-7-15(8-6-14)17-12-22(27)32-20-13-21(29-2)24(30-3)25(31-4)23(17)20/h5-13H,1-4H3. The Morgan fingerprint density at radius 2 is 1.31 bits per heavy atom. The zero-order valence-electron chi connectivity index (χ0n) is 18.0. The van der Waals surface area contributed by atoms with Crippen LogP contribution in [0.15, 0.2) is 63.8 Å². The highest BCUT2D eigenvalue weighted by Gasteiger charge is 2.21. The number of halogens is 1. The van der Waals surface area contributed by atoms with Crippen LogP contribution < -0.4 is 24.6 Å². The normalized spacial score (nSPS) is 10.8. The zero-order valence-corrected chi connectivity index (χ0v) is 18.0. The summed E-state index contributed by atoms with van der Waals surface area (Å²) < 4.78 is 40.9. The van der Waals surface area contributed by atoms with Crippen LogP contribution in [0.3, 0.4) is 0 Å². The van der Waals surface area contributed by atoms with Gasteiger partial charge in [0.1, 0.15) is 5.58 Å². The molecule has 0 spiro atoms. The minimum absolute atomic E-state index is 0.185. The van der Waals surface area contributed by atoms with E-state index in [-0.39, 0.29) is 5.75 Å². The average Bonchev–Trinajstić information content (AvgIpc) is 2.82. The molecule has 0 atom stereocenters. The number of hydrogen-bond acceptors (Lipinski definition) is 6. The summed E-state index contributed by atoms with van der Waals surface area (Å²) >= 11 is 0. The molecule has 0 N–H and O–H groups in total. The number of benzene rings is 3. The predicted molar refractivity (Wildman–Crippen MR) is 120 cm³/mol. The third kappa shape index (κ3) is 3.62. The van der Waals surface area contributed by atoms with Crippen LogP contribution in [0.2, 0.25) is 0 Å². The van der Waals surface area contributed by atoms with Gasteiger partial charge in [-0.15, -0.1) is 0 Å². The summed E-state index contributed by atoms with van der Waals surface area (Å²) in [5.41, 5.74) is 2.68. The zero-order chi connectivity index (χ0) is 22.8. The van der Waals surface area contributed by atoms with E-state index in [4.69, 9.17) is 23.4 Å². The Hall–Kier alpha value is -4.00. The van der Waals surface area contributed by atoms with Crippen molar-refractivity contribution >= 4 is 11.0 Å². The molecule has 0 aliphatic carbocycles. The molecule has 0 aliphatic heterocycles. The van der Waals surface area contributed by atoms with Crippen LogP contribution >= 0.6 is 0 Å². The minimum atomic E-state index is -0.511. The third-order valence-corrected chi connectivity index (χ3v) is 5.22. The van der Waals surface area contributed by atoms with E-state index in [0.717, 1.165) is 11.1 Å². The topological polar surface area (TPSA) is 67.1 Å². The Bertz CT molecular complexity index is 1340. The molecular formula is C25H21FO6. The van der Waals surface area contributed by atoms with Gasteiger partial charge in [0.15, 0.2) is 23.1 Å². The smallest absolute Gasteiger partial charge is 0.336 e. The molecule has 0 aliphatic rings. The van der Waals surface area contributed by atoms with Gasteiger partial charge in [0.25, 0.3) is 0 Å². The maximum Gasteiger partial charge on any atom is 0.336 e. The molecule has 3 aromatic carbocycles. The van der Waals surface area contributed by atoms with Crippen LogP contribution in [0.25, 0.3) is 33.2 Å². The lowest BCUT2D eigenvalue weighted by molar-refractivity contribution is 0.326. The summed E-state index contributed by atoms with van der Waals surface area (Å²) in [5.74, 6) is 0.912. The minimum Gasteiger partial charge on any atom is -0.494 e. The van der Waals surface area contributed by atoms with Crippen LogP contribution in [-0.4, -0.2) is 28.4 Å². The first-order valence-corrected chi connectivity index (χ1v) is 9.71. The highest BCUT2D eigenvalue weighted by molar-refractivity contribution is 6.01. The van der Waals surface area contributed by atoms with E-state index in [1.54, 1.807) is 18.2 Å². The Kier molecular flexibility index (Phi) is 5.73. The summed E-state index contributed by atoms with van der Waals surface area (Å²) in [6, 6.07) is 15.2. The van der Waals surface area contributed by atoms with Gasteiger partial charge in [0.05, 0.1) is 33.8 Å². The van der Waals surface area contributed by atoms with Crippen LogP contribution in [0.4, 0.5) is 4.39 Å². The summed E-state index contributed by atoms with van der Waals surface area (Å²) in [4.78, 5) is 12.3. The van der Waals surface area contributed by atoms with Crippen molar-refractivity contribution in [2.24, 2.45) is 0 Å². The monoisotopic (exact) mass is 436 g/mol. The Morgan fingerprint density at radius 3 is 1.91 bits per heavy atom. The lowest BCUT2D eigenvalue weighted by atomic mass is 9.97. The molecule has 7 heteroatoms. The van der Waals surface area contributed by atoms with Crippen LogP contribution in [0.1, 0.15) is 0 Å². The van der Waals surface area contributed by atoms with Gasteiger partial charge in [-0.05, 0) is 28.8 Å². The van der Waals surface area contributed by atoms with Gasteiger partial charge in [0, 0.05) is 17.7 Å². The first-order chi connectivity index (χ1) is 15.5. The second-order valence-corrected chi connectivity index (χ2v) is 6.92. The molecule has 1 heterocycles. The molecule has 164 valence electrons. The van der Waals surface area contributed by atoms with E-state index in [1.165, 1.54) is 40.6 Å². The van der Waals surface area contributed by atoms with Crippen molar-refractivity contribution in [3.05, 3.63) is 70.8 Å². The fraction of sp³-hybridized carbons (Fsp3) is 0.160. The van der Waals surface area contributed by atoms with Gasteiger partial charge in [-0.2, -0.15) is 0 Å². The van der Waals surface area contributed by atoms with Crippen molar-refractivity contribution < 1.29 is 27.8 Å². The number of rotatable bonds is 6. The highest BCUT2D eigenvalue weighted by Crippen LogP contribution is 2.46. The van der Waals surface area contributed by atoms with Crippen molar-refractivity contribution in [3.8, 4) is 45.3 Å². The molecule has 1 aromatic heterocycles. The summed E-state index contributed by atoms with van der Waals surface area (Å²) in [6.07, 6.45) is 0. The molecule has 32 heavy (non-hydrogen) atoms.